The second-order valence-corrected chi connectivity index (χ2v) is 6.69. The molecule has 1 heteroatoms. The van der Waals surface area contributed by atoms with Crippen LogP contribution in [0.2, 0.25) is 0 Å². The minimum absolute atomic E-state index is 0.402. The molecule has 4 rings (SSSR count). The summed E-state index contributed by atoms with van der Waals surface area (Å²) in [4.78, 5) is 0. The molecule has 0 amide bonds. The normalized spacial score (nSPS) is 19.8. The van der Waals surface area contributed by atoms with Gasteiger partial charge in [0.05, 0.1) is 0 Å². The molecule has 1 unspecified atom stereocenters. The van der Waals surface area contributed by atoms with Crippen LogP contribution in [0.4, 0.5) is 0 Å². The van der Waals surface area contributed by atoms with Gasteiger partial charge in [0, 0.05) is 17.2 Å². The van der Waals surface area contributed by atoms with Crippen LogP contribution >= 0.6 is 0 Å². The third-order valence-corrected chi connectivity index (χ3v) is 5.07. The fourth-order valence-electron chi connectivity index (χ4n) is 3.71. The van der Waals surface area contributed by atoms with Gasteiger partial charge in [-0.15, -0.1) is 0 Å². The number of benzene rings is 2. The maximum absolute atomic E-state index is 6.31. The van der Waals surface area contributed by atoms with E-state index in [1.165, 1.54) is 27.8 Å². The molecule has 1 nitrogen and oxygen atoms in total. The van der Waals surface area contributed by atoms with Crippen LogP contribution in [0.15, 0.2) is 90.7 Å². The van der Waals surface area contributed by atoms with Crippen LogP contribution in [-0.4, -0.2) is 0 Å². The van der Waals surface area contributed by atoms with E-state index in [0.29, 0.717) is 5.92 Å². The van der Waals surface area contributed by atoms with Crippen molar-refractivity contribution in [1.29, 1.82) is 0 Å². The summed E-state index contributed by atoms with van der Waals surface area (Å²) in [5.74, 6) is 0.402. The van der Waals surface area contributed by atoms with Gasteiger partial charge in [0.25, 0.3) is 0 Å². The van der Waals surface area contributed by atoms with Gasteiger partial charge < -0.3 is 5.73 Å². The van der Waals surface area contributed by atoms with Crippen molar-refractivity contribution in [2.45, 2.75) is 25.2 Å². The molecule has 2 aliphatic rings. The highest BCUT2D eigenvalue weighted by molar-refractivity contribution is 5.80. The first-order valence-corrected chi connectivity index (χ1v) is 9.01. The highest BCUT2D eigenvalue weighted by atomic mass is 14.6. The molecule has 0 spiro atoms. The average Bonchev–Trinajstić information content (AvgIpc) is 2.69. The molecular formula is C24H23N. The van der Waals surface area contributed by atoms with Crippen LogP contribution in [-0.2, 0) is 0 Å². The monoisotopic (exact) mass is 325 g/mol. The Morgan fingerprint density at radius 1 is 0.880 bits per heavy atom. The maximum atomic E-state index is 6.31. The number of rotatable bonds is 3. The predicted molar refractivity (Wildman–Crippen MR) is 107 cm³/mol. The Labute approximate surface area is 149 Å². The molecule has 0 saturated carbocycles. The summed E-state index contributed by atoms with van der Waals surface area (Å²) in [6, 6.07) is 19.3. The fourth-order valence-corrected chi connectivity index (χ4v) is 3.71. The molecule has 25 heavy (non-hydrogen) atoms. The van der Waals surface area contributed by atoms with Crippen LogP contribution in [0.25, 0.3) is 11.1 Å². The highest BCUT2D eigenvalue weighted by Gasteiger charge is 2.18. The Kier molecular flexibility index (Phi) is 4.39. The third-order valence-electron chi connectivity index (χ3n) is 5.07. The molecule has 0 heterocycles. The lowest BCUT2D eigenvalue weighted by Crippen LogP contribution is -2.07. The first-order chi connectivity index (χ1) is 12.3. The lowest BCUT2D eigenvalue weighted by molar-refractivity contribution is 0.851. The lowest BCUT2D eigenvalue weighted by Gasteiger charge is -2.22. The van der Waals surface area contributed by atoms with Gasteiger partial charge in [-0.2, -0.15) is 0 Å². The van der Waals surface area contributed by atoms with Gasteiger partial charge in [-0.05, 0) is 41.5 Å². The molecule has 0 saturated heterocycles. The van der Waals surface area contributed by atoms with Gasteiger partial charge in [-0.1, -0.05) is 85.0 Å². The Balaban J connectivity index is 1.64. The van der Waals surface area contributed by atoms with Crippen LogP contribution in [0.5, 0.6) is 0 Å². The van der Waals surface area contributed by atoms with Crippen LogP contribution < -0.4 is 5.73 Å². The molecule has 2 N–H and O–H groups in total. The Hall–Kier alpha value is -2.80. The number of hydrogen-bond acceptors (Lipinski definition) is 1. The van der Waals surface area contributed by atoms with Gasteiger partial charge in [-0.25, -0.2) is 0 Å². The van der Waals surface area contributed by atoms with E-state index in [1.807, 2.05) is 0 Å². The van der Waals surface area contributed by atoms with E-state index < -0.39 is 0 Å². The van der Waals surface area contributed by atoms with Crippen molar-refractivity contribution < 1.29 is 0 Å². The van der Waals surface area contributed by atoms with Crippen molar-refractivity contribution in [3.63, 3.8) is 0 Å². The summed E-state index contributed by atoms with van der Waals surface area (Å²) in [6.07, 6.45) is 14.4. The standard InChI is InChI=1S/C24H23N/c25-24-13-7-6-12-23(24)22-11-5-4-10-21(22)20-16-14-19(15-17-20)18-8-2-1-3-9-18/h1-6,8-12,14-16,20H,7,13,17,25H2. The average molecular weight is 325 g/mol. The van der Waals surface area contributed by atoms with Crippen molar-refractivity contribution in [2.24, 2.45) is 5.73 Å². The minimum atomic E-state index is 0.402. The third kappa shape index (κ3) is 3.23. The summed E-state index contributed by atoms with van der Waals surface area (Å²) < 4.78 is 0. The summed E-state index contributed by atoms with van der Waals surface area (Å²) >= 11 is 0. The zero-order chi connectivity index (χ0) is 17.1. The summed E-state index contributed by atoms with van der Waals surface area (Å²) in [6.45, 7) is 0. The first kappa shape index (κ1) is 15.7. The van der Waals surface area contributed by atoms with E-state index >= 15 is 0 Å². The zero-order valence-corrected chi connectivity index (χ0v) is 14.4. The largest absolute Gasteiger partial charge is 0.402 e. The van der Waals surface area contributed by atoms with Crippen molar-refractivity contribution >= 4 is 11.1 Å². The number of allylic oxidation sites excluding steroid dienone is 8. The van der Waals surface area contributed by atoms with Gasteiger partial charge in [-0.3, -0.25) is 0 Å². The molecule has 2 aliphatic carbocycles. The van der Waals surface area contributed by atoms with Gasteiger partial charge in [0.1, 0.15) is 0 Å². The first-order valence-electron chi connectivity index (χ1n) is 9.01. The van der Waals surface area contributed by atoms with E-state index in [9.17, 15) is 0 Å². The number of hydrogen-bond donors (Lipinski definition) is 1. The van der Waals surface area contributed by atoms with Crippen molar-refractivity contribution in [2.75, 3.05) is 0 Å². The van der Waals surface area contributed by atoms with Crippen LogP contribution in [0.1, 0.15) is 41.9 Å². The van der Waals surface area contributed by atoms with Crippen molar-refractivity contribution in [3.8, 4) is 0 Å². The van der Waals surface area contributed by atoms with Gasteiger partial charge >= 0.3 is 0 Å². The summed E-state index contributed by atoms with van der Waals surface area (Å²) in [5.41, 5.74) is 13.8. The SMILES string of the molecule is NC1=C(c2ccccc2C2C=CC(c3ccccc3)=CC2)C=CCC1. The van der Waals surface area contributed by atoms with Crippen molar-refractivity contribution in [3.05, 3.63) is 107 Å². The van der Waals surface area contributed by atoms with E-state index in [0.717, 1.165) is 25.0 Å². The summed E-state index contributed by atoms with van der Waals surface area (Å²) in [7, 11) is 0. The van der Waals surface area contributed by atoms with Gasteiger partial charge in [0.15, 0.2) is 0 Å². The maximum Gasteiger partial charge on any atom is 0.0163 e. The zero-order valence-electron chi connectivity index (χ0n) is 14.4. The van der Waals surface area contributed by atoms with E-state index in [1.54, 1.807) is 0 Å². The molecule has 0 bridgehead atoms. The Morgan fingerprint density at radius 3 is 2.44 bits per heavy atom. The van der Waals surface area contributed by atoms with Crippen LogP contribution in [0, 0.1) is 0 Å². The second kappa shape index (κ2) is 6.98. The smallest absolute Gasteiger partial charge is 0.0163 e. The Bertz CT molecular complexity index is 881. The van der Waals surface area contributed by atoms with Crippen LogP contribution in [0.3, 0.4) is 0 Å². The predicted octanol–water partition coefficient (Wildman–Crippen LogP) is 5.83. The molecule has 124 valence electrons. The molecule has 0 aliphatic heterocycles. The second-order valence-electron chi connectivity index (χ2n) is 6.69. The lowest BCUT2D eigenvalue weighted by atomic mass is 9.83. The van der Waals surface area contributed by atoms with E-state index in [4.69, 9.17) is 5.73 Å². The molecule has 1 atom stereocenters. The molecule has 2 aromatic carbocycles. The molecule has 0 radical (unpaired) electrons. The summed E-state index contributed by atoms with van der Waals surface area (Å²) in [5, 5.41) is 0. The quantitative estimate of drug-likeness (QED) is 0.754. The minimum Gasteiger partial charge on any atom is -0.402 e. The topological polar surface area (TPSA) is 26.0 Å². The van der Waals surface area contributed by atoms with Gasteiger partial charge in [0.2, 0.25) is 0 Å². The molecule has 0 fully saturated rings. The molecule has 2 aromatic rings. The molecule has 0 aromatic heterocycles. The highest BCUT2D eigenvalue weighted by Crippen LogP contribution is 2.36. The van der Waals surface area contributed by atoms with E-state index in [2.05, 4.69) is 85.0 Å². The Morgan fingerprint density at radius 2 is 1.68 bits per heavy atom. The van der Waals surface area contributed by atoms with E-state index in [-0.39, 0.29) is 0 Å². The number of nitrogens with two attached hydrogens (primary N) is 1. The van der Waals surface area contributed by atoms with Crippen molar-refractivity contribution in [1.82, 2.24) is 0 Å². The fraction of sp³-hybridized carbons (Fsp3) is 0.167. The molecular weight excluding hydrogens is 302 g/mol.